The number of aromatic nitrogens is 1. The Morgan fingerprint density at radius 2 is 2.08 bits per heavy atom. The van der Waals surface area contributed by atoms with E-state index in [0.717, 1.165) is 30.8 Å². The van der Waals surface area contributed by atoms with Gasteiger partial charge in [0.15, 0.2) is 0 Å². The Morgan fingerprint density at radius 1 is 1.31 bits per heavy atom. The number of nitrogens with one attached hydrogen (secondary N) is 2. The molecule has 5 heteroatoms. The van der Waals surface area contributed by atoms with Gasteiger partial charge in [-0.1, -0.05) is 43.9 Å². The van der Waals surface area contributed by atoms with Crippen molar-refractivity contribution in [3.63, 3.8) is 0 Å². The zero-order valence-corrected chi connectivity index (χ0v) is 15.9. The van der Waals surface area contributed by atoms with Crippen molar-refractivity contribution in [2.75, 3.05) is 13.6 Å². The monoisotopic (exact) mass is 351 g/mol. The summed E-state index contributed by atoms with van der Waals surface area (Å²) in [7, 11) is 1.72. The fourth-order valence-corrected chi connectivity index (χ4v) is 2.04. The highest BCUT2D eigenvalue weighted by atomic mass is 15.1. The van der Waals surface area contributed by atoms with Gasteiger partial charge in [-0.2, -0.15) is 0 Å². The van der Waals surface area contributed by atoms with E-state index in [2.05, 4.69) is 45.2 Å². The third-order valence-corrected chi connectivity index (χ3v) is 3.53. The molecule has 1 heterocycles. The Hall–Kier alpha value is -2.79. The lowest BCUT2D eigenvalue weighted by molar-refractivity contribution is 0.758. The molecule has 0 radical (unpaired) electrons. The van der Waals surface area contributed by atoms with E-state index in [9.17, 15) is 0 Å². The number of allylic oxidation sites excluding steroid dienone is 6. The third-order valence-electron chi connectivity index (χ3n) is 3.53. The SMILES string of the molecule is C=C\C=C/C(/C=N\C(=NC)N/C(=C/C)CC)=C\CNCc1ccncc1. The maximum absolute atomic E-state index is 4.45. The average molecular weight is 351 g/mol. The molecule has 0 bridgehead atoms. The largest absolute Gasteiger partial charge is 0.329 e. The first-order chi connectivity index (χ1) is 12.7. The molecule has 0 aliphatic carbocycles. The number of aliphatic imine (C=N–C) groups is 2. The highest BCUT2D eigenvalue weighted by Crippen LogP contribution is 1.99. The van der Waals surface area contributed by atoms with Crippen LogP contribution in [-0.2, 0) is 6.54 Å². The molecule has 0 spiro atoms. The second-order valence-electron chi connectivity index (χ2n) is 5.38. The van der Waals surface area contributed by atoms with Crippen LogP contribution in [0, 0.1) is 0 Å². The molecule has 138 valence electrons. The van der Waals surface area contributed by atoms with E-state index in [4.69, 9.17) is 0 Å². The van der Waals surface area contributed by atoms with Crippen molar-refractivity contribution < 1.29 is 0 Å². The molecule has 1 aromatic rings. The average Bonchev–Trinajstić information content (AvgIpc) is 2.69. The maximum Gasteiger partial charge on any atom is 0.221 e. The van der Waals surface area contributed by atoms with E-state index in [1.54, 1.807) is 31.7 Å². The van der Waals surface area contributed by atoms with Crippen LogP contribution in [0.15, 0.2) is 82.7 Å². The predicted molar refractivity (Wildman–Crippen MR) is 112 cm³/mol. The summed E-state index contributed by atoms with van der Waals surface area (Å²) in [5.41, 5.74) is 3.27. The van der Waals surface area contributed by atoms with E-state index in [-0.39, 0.29) is 0 Å². The van der Waals surface area contributed by atoms with Crippen molar-refractivity contribution in [3.05, 3.63) is 78.3 Å². The van der Waals surface area contributed by atoms with Gasteiger partial charge in [0.1, 0.15) is 0 Å². The molecule has 0 amide bonds. The van der Waals surface area contributed by atoms with Gasteiger partial charge < -0.3 is 10.6 Å². The van der Waals surface area contributed by atoms with Crippen LogP contribution in [0.4, 0.5) is 0 Å². The molecular weight excluding hydrogens is 322 g/mol. The maximum atomic E-state index is 4.45. The summed E-state index contributed by atoms with van der Waals surface area (Å²) in [6.07, 6.45) is 16.0. The molecule has 0 fully saturated rings. The lowest BCUT2D eigenvalue weighted by Gasteiger charge is -2.07. The first kappa shape index (κ1) is 21.3. The van der Waals surface area contributed by atoms with Crippen LogP contribution in [-0.4, -0.2) is 30.8 Å². The first-order valence-electron chi connectivity index (χ1n) is 8.75. The minimum absolute atomic E-state index is 0.586. The van der Waals surface area contributed by atoms with Crippen molar-refractivity contribution >= 4 is 12.2 Å². The summed E-state index contributed by atoms with van der Waals surface area (Å²) >= 11 is 0. The van der Waals surface area contributed by atoms with Crippen molar-refractivity contribution in [3.8, 4) is 0 Å². The van der Waals surface area contributed by atoms with Gasteiger partial charge in [0.2, 0.25) is 5.96 Å². The summed E-state index contributed by atoms with van der Waals surface area (Å²) in [4.78, 5) is 12.7. The highest BCUT2D eigenvalue weighted by molar-refractivity contribution is 5.95. The lowest BCUT2D eigenvalue weighted by atomic mass is 10.2. The molecule has 2 N–H and O–H groups in total. The predicted octanol–water partition coefficient (Wildman–Crippen LogP) is 3.80. The molecule has 0 atom stereocenters. The zero-order valence-electron chi connectivity index (χ0n) is 15.9. The number of nitrogens with zero attached hydrogens (tertiary/aromatic N) is 3. The molecular formula is C21H29N5. The Kier molecular flexibility index (Phi) is 11.0. The van der Waals surface area contributed by atoms with Crippen molar-refractivity contribution in [1.82, 2.24) is 15.6 Å². The molecule has 5 nitrogen and oxygen atoms in total. The van der Waals surface area contributed by atoms with Gasteiger partial charge >= 0.3 is 0 Å². The van der Waals surface area contributed by atoms with Crippen molar-refractivity contribution in [2.24, 2.45) is 9.98 Å². The second kappa shape index (κ2) is 13.5. The van der Waals surface area contributed by atoms with Crippen LogP contribution in [0.3, 0.4) is 0 Å². The van der Waals surface area contributed by atoms with Crippen LogP contribution in [0.25, 0.3) is 0 Å². The molecule has 0 aliphatic rings. The van der Waals surface area contributed by atoms with Gasteiger partial charge in [-0.25, -0.2) is 4.99 Å². The van der Waals surface area contributed by atoms with Gasteiger partial charge in [0, 0.05) is 44.4 Å². The quantitative estimate of drug-likeness (QED) is 0.308. The number of guanidine groups is 1. The molecule has 1 rings (SSSR count). The van der Waals surface area contributed by atoms with E-state index in [0.29, 0.717) is 5.96 Å². The number of pyridine rings is 1. The molecule has 0 saturated heterocycles. The second-order valence-corrected chi connectivity index (χ2v) is 5.38. The first-order valence-corrected chi connectivity index (χ1v) is 8.75. The van der Waals surface area contributed by atoms with Gasteiger partial charge in [0.25, 0.3) is 0 Å². The zero-order chi connectivity index (χ0) is 19.0. The molecule has 0 aliphatic heterocycles. The number of hydrogen-bond acceptors (Lipinski definition) is 3. The number of hydrogen-bond donors (Lipinski definition) is 2. The molecule has 26 heavy (non-hydrogen) atoms. The fraction of sp³-hybridized carbons (Fsp3) is 0.286. The van der Waals surface area contributed by atoms with Crippen LogP contribution in [0.1, 0.15) is 25.8 Å². The van der Waals surface area contributed by atoms with Gasteiger partial charge in [-0.05, 0) is 36.6 Å². The minimum Gasteiger partial charge on any atom is -0.329 e. The smallest absolute Gasteiger partial charge is 0.221 e. The summed E-state index contributed by atoms with van der Waals surface area (Å²) in [5, 5.41) is 6.60. The van der Waals surface area contributed by atoms with Gasteiger partial charge in [0.05, 0.1) is 0 Å². The molecule has 0 saturated carbocycles. The topological polar surface area (TPSA) is 61.7 Å². The number of rotatable bonds is 9. The Bertz CT molecular complexity index is 682. The van der Waals surface area contributed by atoms with E-state index >= 15 is 0 Å². The fourth-order valence-electron chi connectivity index (χ4n) is 2.04. The lowest BCUT2D eigenvalue weighted by Crippen LogP contribution is -2.20. The Morgan fingerprint density at radius 3 is 2.69 bits per heavy atom. The van der Waals surface area contributed by atoms with Crippen LogP contribution in [0.2, 0.25) is 0 Å². The van der Waals surface area contributed by atoms with Gasteiger partial charge in [-0.3, -0.25) is 9.98 Å². The Labute approximate surface area is 157 Å². The summed E-state index contributed by atoms with van der Waals surface area (Å²) in [6, 6.07) is 4.00. The Balaban J connectivity index is 2.69. The van der Waals surface area contributed by atoms with E-state index < -0.39 is 0 Å². The minimum atomic E-state index is 0.586. The van der Waals surface area contributed by atoms with Crippen molar-refractivity contribution in [1.29, 1.82) is 0 Å². The van der Waals surface area contributed by atoms with Crippen molar-refractivity contribution in [2.45, 2.75) is 26.8 Å². The summed E-state index contributed by atoms with van der Waals surface area (Å²) < 4.78 is 0. The van der Waals surface area contributed by atoms with Crippen LogP contribution >= 0.6 is 0 Å². The molecule has 1 aromatic heterocycles. The normalized spacial score (nSPS) is 13.6. The van der Waals surface area contributed by atoms with E-state index in [1.807, 2.05) is 37.3 Å². The standard InChI is InChI=1S/C21H29N5/c1-5-8-9-18(12-15-24-16-19-10-13-23-14-11-19)17-25-21(22-4)26-20(6-2)7-3/h5-6,8-14,17,24H,1,7,15-16H2,2-4H3,(H,22,26)/b9-8-,18-12+,20-6+,25-17-. The molecule has 0 unspecified atom stereocenters. The summed E-state index contributed by atoms with van der Waals surface area (Å²) in [6.45, 7) is 9.32. The van der Waals surface area contributed by atoms with Gasteiger partial charge in [-0.15, -0.1) is 0 Å². The summed E-state index contributed by atoms with van der Waals surface area (Å²) in [5.74, 6) is 0.586. The van der Waals surface area contributed by atoms with E-state index in [1.165, 1.54) is 5.56 Å². The molecule has 0 aromatic carbocycles. The third kappa shape index (κ3) is 8.89. The van der Waals surface area contributed by atoms with Crippen LogP contribution in [0.5, 0.6) is 0 Å². The highest BCUT2D eigenvalue weighted by Gasteiger charge is 1.97. The van der Waals surface area contributed by atoms with Crippen LogP contribution < -0.4 is 10.6 Å².